The maximum Gasteiger partial charge on any atom is 0.188 e. The SMILES string of the molecule is CC1=N[C@@H]2C=CC(Cl)=C[C@@H]2C(c2ccccc2)=C1C(=O)/C=C\c1nc2ccccc2[nH]1. The van der Waals surface area contributed by atoms with E-state index in [1.165, 1.54) is 0 Å². The summed E-state index contributed by atoms with van der Waals surface area (Å²) < 4.78 is 0. The maximum atomic E-state index is 13.4. The number of allylic oxidation sites excluding steroid dienone is 4. The van der Waals surface area contributed by atoms with Gasteiger partial charge in [0.1, 0.15) is 5.82 Å². The Labute approximate surface area is 185 Å². The summed E-state index contributed by atoms with van der Waals surface area (Å²) in [5.74, 6) is 0.462. The van der Waals surface area contributed by atoms with Crippen molar-refractivity contribution in [2.45, 2.75) is 13.0 Å². The molecule has 0 saturated carbocycles. The Morgan fingerprint density at radius 2 is 1.87 bits per heavy atom. The van der Waals surface area contributed by atoms with Crippen LogP contribution < -0.4 is 0 Å². The lowest BCUT2D eigenvalue weighted by Gasteiger charge is -2.31. The van der Waals surface area contributed by atoms with E-state index in [1.807, 2.05) is 79.7 Å². The highest BCUT2D eigenvalue weighted by atomic mass is 35.5. The van der Waals surface area contributed by atoms with Crippen LogP contribution in [0.5, 0.6) is 0 Å². The molecule has 3 aromatic rings. The number of para-hydroxylation sites is 2. The van der Waals surface area contributed by atoms with Crippen LogP contribution >= 0.6 is 11.6 Å². The lowest BCUT2D eigenvalue weighted by Crippen LogP contribution is -2.29. The Hall–Kier alpha value is -3.50. The fraction of sp³-hybridized carbons (Fsp3) is 0.115. The number of benzene rings is 2. The van der Waals surface area contributed by atoms with Gasteiger partial charge in [0.25, 0.3) is 0 Å². The number of carbonyl (C=O) groups is 1. The van der Waals surface area contributed by atoms with Crippen LogP contribution in [-0.4, -0.2) is 27.5 Å². The first-order valence-corrected chi connectivity index (χ1v) is 10.5. The van der Waals surface area contributed by atoms with Crippen LogP contribution in [-0.2, 0) is 4.79 Å². The summed E-state index contributed by atoms with van der Waals surface area (Å²) in [4.78, 5) is 25.9. The standard InChI is InChI=1S/C26H20ClN3O/c1-16-25(23(31)13-14-24-29-21-9-5-6-10-22(21)30-24)26(17-7-3-2-4-8-17)19-15-18(27)11-12-20(19)28-16/h2-15,19-20H,1H3,(H,29,30)/b14-13-/t19-,20+/m0/s1. The predicted molar refractivity (Wildman–Crippen MR) is 127 cm³/mol. The van der Waals surface area contributed by atoms with E-state index in [4.69, 9.17) is 16.6 Å². The van der Waals surface area contributed by atoms with Gasteiger partial charge in [-0.05, 0) is 48.4 Å². The molecule has 2 aliphatic rings. The van der Waals surface area contributed by atoms with Crippen molar-refractivity contribution in [3.63, 3.8) is 0 Å². The lowest BCUT2D eigenvalue weighted by molar-refractivity contribution is -0.110. The number of nitrogens with one attached hydrogen (secondary N) is 1. The molecule has 0 amide bonds. The number of halogens is 1. The minimum atomic E-state index is -0.0990. The van der Waals surface area contributed by atoms with Crippen LogP contribution in [0.15, 0.2) is 94.5 Å². The molecule has 4 nitrogen and oxygen atoms in total. The highest BCUT2D eigenvalue weighted by Gasteiger charge is 2.33. The molecule has 1 aromatic heterocycles. The molecule has 1 aliphatic heterocycles. The molecule has 1 N–H and O–H groups in total. The zero-order valence-corrected chi connectivity index (χ0v) is 17.7. The normalized spacial score (nSPS) is 20.7. The number of fused-ring (bicyclic) bond motifs is 2. The van der Waals surface area contributed by atoms with E-state index in [1.54, 1.807) is 12.2 Å². The second-order valence-corrected chi connectivity index (χ2v) is 8.07. The molecule has 0 unspecified atom stereocenters. The quantitative estimate of drug-likeness (QED) is 0.541. The van der Waals surface area contributed by atoms with Crippen molar-refractivity contribution in [3.8, 4) is 0 Å². The maximum absolute atomic E-state index is 13.4. The van der Waals surface area contributed by atoms with Gasteiger partial charge in [0.05, 0.1) is 17.1 Å². The fourth-order valence-corrected chi connectivity index (χ4v) is 4.43. The molecule has 0 spiro atoms. The molecule has 1 aliphatic carbocycles. The van der Waals surface area contributed by atoms with Crippen LogP contribution in [0.4, 0.5) is 0 Å². The van der Waals surface area contributed by atoms with Crippen molar-refractivity contribution < 1.29 is 4.79 Å². The van der Waals surface area contributed by atoms with E-state index in [-0.39, 0.29) is 17.7 Å². The van der Waals surface area contributed by atoms with Gasteiger partial charge in [-0.15, -0.1) is 0 Å². The Kier molecular flexibility index (Phi) is 5.00. The number of aromatic amines is 1. The van der Waals surface area contributed by atoms with Crippen molar-refractivity contribution in [1.29, 1.82) is 0 Å². The zero-order valence-electron chi connectivity index (χ0n) is 16.9. The highest BCUT2D eigenvalue weighted by Crippen LogP contribution is 2.40. The van der Waals surface area contributed by atoms with Gasteiger partial charge in [-0.2, -0.15) is 0 Å². The Morgan fingerprint density at radius 3 is 2.68 bits per heavy atom. The van der Waals surface area contributed by atoms with E-state index < -0.39 is 0 Å². The molecule has 2 heterocycles. The van der Waals surface area contributed by atoms with Crippen LogP contribution in [0.25, 0.3) is 22.7 Å². The van der Waals surface area contributed by atoms with Crippen molar-refractivity contribution in [1.82, 2.24) is 9.97 Å². The molecule has 2 aromatic carbocycles. The van der Waals surface area contributed by atoms with Gasteiger partial charge >= 0.3 is 0 Å². The number of hydrogen-bond donors (Lipinski definition) is 1. The molecule has 0 fully saturated rings. The van der Waals surface area contributed by atoms with E-state index in [0.29, 0.717) is 16.4 Å². The summed E-state index contributed by atoms with van der Waals surface area (Å²) in [6.45, 7) is 1.90. The number of aliphatic imine (C=N–C) groups is 1. The van der Waals surface area contributed by atoms with Crippen LogP contribution in [0.3, 0.4) is 0 Å². The van der Waals surface area contributed by atoms with Crippen LogP contribution in [0, 0.1) is 5.92 Å². The minimum absolute atomic E-state index is 0.0615. The number of H-pyrrole nitrogens is 1. The topological polar surface area (TPSA) is 58.1 Å². The molecule has 2 atom stereocenters. The van der Waals surface area contributed by atoms with E-state index >= 15 is 0 Å². The molecule has 5 heteroatoms. The summed E-state index contributed by atoms with van der Waals surface area (Å²) in [5, 5.41) is 0.661. The molecule has 0 bridgehead atoms. The van der Waals surface area contributed by atoms with Gasteiger partial charge in [-0.3, -0.25) is 9.79 Å². The first kappa shape index (κ1) is 19.5. The second-order valence-electron chi connectivity index (χ2n) is 7.63. The van der Waals surface area contributed by atoms with Gasteiger partial charge in [0, 0.05) is 22.2 Å². The third-order valence-corrected chi connectivity index (χ3v) is 5.85. The van der Waals surface area contributed by atoms with Gasteiger partial charge in [-0.1, -0.05) is 66.2 Å². The van der Waals surface area contributed by atoms with Crippen molar-refractivity contribution in [2.75, 3.05) is 0 Å². The largest absolute Gasteiger partial charge is 0.338 e. The average Bonchev–Trinajstić information content (AvgIpc) is 3.20. The molecule has 152 valence electrons. The third kappa shape index (κ3) is 3.71. The van der Waals surface area contributed by atoms with E-state index in [0.717, 1.165) is 27.9 Å². The van der Waals surface area contributed by atoms with Crippen molar-refractivity contribution in [2.24, 2.45) is 10.9 Å². The Balaban J connectivity index is 1.58. The number of hydrogen-bond acceptors (Lipinski definition) is 3. The Morgan fingerprint density at radius 1 is 1.10 bits per heavy atom. The number of carbonyl (C=O) groups excluding carboxylic acids is 1. The summed E-state index contributed by atoms with van der Waals surface area (Å²) in [7, 11) is 0. The number of ketones is 1. The van der Waals surface area contributed by atoms with Gasteiger partial charge in [0.15, 0.2) is 5.78 Å². The number of rotatable bonds is 4. The average molecular weight is 426 g/mol. The van der Waals surface area contributed by atoms with Crippen LogP contribution in [0.2, 0.25) is 0 Å². The first-order chi connectivity index (χ1) is 15.1. The lowest BCUT2D eigenvalue weighted by atomic mass is 9.77. The second kappa shape index (κ2) is 7.97. The summed E-state index contributed by atoms with van der Waals surface area (Å²) in [5.41, 5.74) is 5.12. The molecule has 0 radical (unpaired) electrons. The molecule has 0 saturated heterocycles. The smallest absolute Gasteiger partial charge is 0.188 e. The third-order valence-electron chi connectivity index (χ3n) is 5.60. The molecule has 31 heavy (non-hydrogen) atoms. The van der Waals surface area contributed by atoms with Crippen molar-refractivity contribution in [3.05, 3.63) is 101 Å². The van der Waals surface area contributed by atoms with E-state index in [2.05, 4.69) is 9.97 Å². The first-order valence-electron chi connectivity index (χ1n) is 10.2. The zero-order chi connectivity index (χ0) is 21.4. The predicted octanol–water partition coefficient (Wildman–Crippen LogP) is 5.75. The fourth-order valence-electron chi connectivity index (χ4n) is 4.22. The van der Waals surface area contributed by atoms with E-state index in [9.17, 15) is 4.79 Å². The summed E-state index contributed by atoms with van der Waals surface area (Å²) >= 11 is 6.32. The van der Waals surface area contributed by atoms with Gasteiger partial charge in [0.2, 0.25) is 0 Å². The summed E-state index contributed by atoms with van der Waals surface area (Å²) in [6, 6.07) is 17.7. The minimum Gasteiger partial charge on any atom is -0.338 e. The molecular formula is C26H20ClN3O. The molecular weight excluding hydrogens is 406 g/mol. The van der Waals surface area contributed by atoms with Gasteiger partial charge < -0.3 is 4.98 Å². The van der Waals surface area contributed by atoms with Crippen LogP contribution in [0.1, 0.15) is 18.3 Å². The number of nitrogens with zero attached hydrogens (tertiary/aromatic N) is 2. The highest BCUT2D eigenvalue weighted by molar-refractivity contribution is 6.33. The Bertz CT molecular complexity index is 1290. The summed E-state index contributed by atoms with van der Waals surface area (Å²) in [6.07, 6.45) is 9.16. The van der Waals surface area contributed by atoms with Crippen molar-refractivity contribution >= 4 is 45.8 Å². The molecule has 5 rings (SSSR count). The monoisotopic (exact) mass is 425 g/mol. The van der Waals surface area contributed by atoms with Gasteiger partial charge in [-0.25, -0.2) is 4.98 Å². The number of dihydropyridines is 1. The number of imidazole rings is 1. The number of aromatic nitrogens is 2.